The van der Waals surface area contributed by atoms with Crippen LogP contribution < -0.4 is 15.4 Å². The van der Waals surface area contributed by atoms with E-state index in [1.165, 1.54) is 12.1 Å². The van der Waals surface area contributed by atoms with Gasteiger partial charge in [0.15, 0.2) is 5.82 Å². The molecule has 4 aromatic rings. The van der Waals surface area contributed by atoms with Gasteiger partial charge in [0.25, 0.3) is 5.91 Å². The Labute approximate surface area is 228 Å². The van der Waals surface area contributed by atoms with Crippen molar-refractivity contribution in [1.29, 1.82) is 0 Å². The largest absolute Gasteiger partial charge is 0.489 e. The lowest BCUT2D eigenvalue weighted by Gasteiger charge is -2.18. The predicted octanol–water partition coefficient (Wildman–Crippen LogP) is 5.82. The molecule has 212 valence electrons. The molecule has 1 amide bonds. The van der Waals surface area contributed by atoms with Gasteiger partial charge >= 0.3 is 6.18 Å². The van der Waals surface area contributed by atoms with Crippen LogP contribution in [-0.2, 0) is 12.8 Å². The molecular formula is C28H30F4N6O2. The topological polar surface area (TPSA) is 95.2 Å². The predicted molar refractivity (Wildman–Crippen MR) is 144 cm³/mol. The molecule has 0 aliphatic carbocycles. The van der Waals surface area contributed by atoms with E-state index >= 15 is 0 Å². The molecule has 12 heteroatoms. The summed E-state index contributed by atoms with van der Waals surface area (Å²) in [5, 5.41) is 12.9. The first-order valence-electron chi connectivity index (χ1n) is 12.8. The minimum atomic E-state index is -4.84. The molecule has 0 aliphatic rings. The van der Waals surface area contributed by atoms with Crippen molar-refractivity contribution in [2.75, 3.05) is 31.5 Å². The van der Waals surface area contributed by atoms with Crippen molar-refractivity contribution in [3.8, 4) is 5.75 Å². The van der Waals surface area contributed by atoms with E-state index in [4.69, 9.17) is 4.74 Å². The monoisotopic (exact) mass is 558 g/mol. The highest BCUT2D eigenvalue weighted by atomic mass is 19.4. The number of aromatic amines is 1. The van der Waals surface area contributed by atoms with Crippen molar-refractivity contribution in [3.63, 3.8) is 0 Å². The average Bonchev–Trinajstić information content (AvgIpc) is 3.32. The van der Waals surface area contributed by atoms with E-state index in [1.54, 1.807) is 37.3 Å². The molecule has 2 heterocycles. The number of rotatable bonds is 11. The van der Waals surface area contributed by atoms with E-state index in [-0.39, 0.29) is 35.7 Å². The highest BCUT2D eigenvalue weighted by Crippen LogP contribution is 2.40. The molecule has 0 spiro atoms. The van der Waals surface area contributed by atoms with Gasteiger partial charge in [-0.05, 0) is 61.5 Å². The molecule has 0 atom stereocenters. The molecule has 2 aromatic carbocycles. The molecule has 3 N–H and O–H groups in total. The van der Waals surface area contributed by atoms with Gasteiger partial charge in [0.1, 0.15) is 23.9 Å². The van der Waals surface area contributed by atoms with Crippen LogP contribution in [0.3, 0.4) is 0 Å². The quantitative estimate of drug-likeness (QED) is 0.201. The van der Waals surface area contributed by atoms with Gasteiger partial charge in [-0.25, -0.2) is 4.39 Å². The number of likely N-dealkylation sites (N-methyl/N-ethyl adjacent to an activating group) is 1. The van der Waals surface area contributed by atoms with E-state index in [1.807, 2.05) is 18.7 Å². The van der Waals surface area contributed by atoms with Crippen LogP contribution in [0.15, 0.2) is 48.7 Å². The fourth-order valence-electron chi connectivity index (χ4n) is 4.37. The molecule has 0 radical (unpaired) electrons. The van der Waals surface area contributed by atoms with Crippen LogP contribution in [0, 0.1) is 12.7 Å². The van der Waals surface area contributed by atoms with Crippen molar-refractivity contribution < 1.29 is 27.1 Å². The van der Waals surface area contributed by atoms with Crippen LogP contribution in [0.5, 0.6) is 5.75 Å². The Kier molecular flexibility index (Phi) is 8.88. The maximum absolute atomic E-state index is 14.3. The summed E-state index contributed by atoms with van der Waals surface area (Å²) >= 11 is 0. The van der Waals surface area contributed by atoms with Crippen molar-refractivity contribution in [2.24, 2.45) is 0 Å². The number of hydrogen-bond acceptors (Lipinski definition) is 6. The number of aryl methyl sites for hydroxylation is 1. The summed E-state index contributed by atoms with van der Waals surface area (Å²) < 4.78 is 62.1. The number of nitrogens with one attached hydrogen (secondary N) is 3. The van der Waals surface area contributed by atoms with Crippen molar-refractivity contribution in [3.05, 3.63) is 76.9 Å². The number of nitrogens with zero attached hydrogens (tertiary/aromatic N) is 3. The van der Waals surface area contributed by atoms with Gasteiger partial charge in [0.05, 0.1) is 22.7 Å². The van der Waals surface area contributed by atoms with Crippen molar-refractivity contribution >= 4 is 28.3 Å². The fraction of sp³-hybridized carbons (Fsp3) is 0.321. The van der Waals surface area contributed by atoms with Gasteiger partial charge in [-0.3, -0.25) is 4.79 Å². The Bertz CT molecular complexity index is 1480. The van der Waals surface area contributed by atoms with Gasteiger partial charge in [-0.15, -0.1) is 5.10 Å². The maximum Gasteiger partial charge on any atom is 0.419 e. The molecule has 0 fully saturated rings. The number of H-pyrrole nitrogens is 1. The lowest BCUT2D eigenvalue weighted by Crippen LogP contribution is -2.35. The third kappa shape index (κ3) is 6.68. The molecule has 0 bridgehead atoms. The first kappa shape index (κ1) is 28.8. The zero-order chi connectivity index (χ0) is 28.9. The van der Waals surface area contributed by atoms with Gasteiger partial charge in [-0.2, -0.15) is 18.3 Å². The number of anilines is 2. The number of halogens is 4. The minimum absolute atomic E-state index is 0.0190. The van der Waals surface area contributed by atoms with Crippen LogP contribution >= 0.6 is 0 Å². The molecule has 0 aliphatic heterocycles. The molecule has 2 aromatic heterocycles. The minimum Gasteiger partial charge on any atom is -0.489 e. The Morgan fingerprint density at radius 2 is 1.90 bits per heavy atom. The van der Waals surface area contributed by atoms with Crippen molar-refractivity contribution in [2.45, 2.75) is 33.6 Å². The first-order valence-corrected chi connectivity index (χ1v) is 12.8. The number of carbonyl (C=O) groups excluding carboxylic acids is 1. The summed E-state index contributed by atoms with van der Waals surface area (Å²) in [7, 11) is 0. The third-order valence-corrected chi connectivity index (χ3v) is 6.45. The fourth-order valence-corrected chi connectivity index (χ4v) is 4.37. The highest BCUT2D eigenvalue weighted by molar-refractivity contribution is 6.05. The second kappa shape index (κ2) is 12.3. The number of ether oxygens (including phenoxy) is 1. The highest BCUT2D eigenvalue weighted by Gasteiger charge is 2.40. The lowest BCUT2D eigenvalue weighted by molar-refractivity contribution is -0.136. The molecule has 0 unspecified atom stereocenters. The van der Waals surface area contributed by atoms with Crippen LogP contribution in [-0.4, -0.2) is 52.2 Å². The Hall–Kier alpha value is -4.19. The summed E-state index contributed by atoms with van der Waals surface area (Å²) in [4.78, 5) is 17.4. The number of fused-ring (bicyclic) bond motifs is 1. The second-order valence-electron chi connectivity index (χ2n) is 9.16. The van der Waals surface area contributed by atoms with Crippen LogP contribution in [0.2, 0.25) is 0 Å². The second-order valence-corrected chi connectivity index (χ2v) is 9.16. The smallest absolute Gasteiger partial charge is 0.419 e. The standard InChI is InChI=1S/C28H30F4N6O2/c1-4-38(5-2)12-11-33-27(39)25-24(28(30,31)32)23-21(36-25)15-34-37-26(23)35-20-9-10-22(17(3)13-20)40-16-18-7-6-8-19(29)14-18/h6-10,13-15,36H,4-5,11-12,16H2,1-3H3,(H,33,39)(H,35,37). The molecule has 0 saturated carbocycles. The zero-order valence-corrected chi connectivity index (χ0v) is 22.3. The number of aromatic nitrogens is 3. The number of benzene rings is 2. The molecule has 0 saturated heterocycles. The first-order chi connectivity index (χ1) is 19.1. The van der Waals surface area contributed by atoms with Gasteiger partial charge in [0, 0.05) is 18.8 Å². The Morgan fingerprint density at radius 3 is 2.58 bits per heavy atom. The van der Waals surface area contributed by atoms with Gasteiger partial charge < -0.3 is 25.3 Å². The normalized spacial score (nSPS) is 11.7. The van der Waals surface area contributed by atoms with E-state index < -0.39 is 23.3 Å². The molecule has 4 rings (SSSR count). The summed E-state index contributed by atoms with van der Waals surface area (Å²) in [5.74, 6) is -0.857. The van der Waals surface area contributed by atoms with Crippen LogP contribution in [0.1, 0.15) is 41.0 Å². The van der Waals surface area contributed by atoms with Gasteiger partial charge in [0.2, 0.25) is 0 Å². The lowest BCUT2D eigenvalue weighted by atomic mass is 10.1. The summed E-state index contributed by atoms with van der Waals surface area (Å²) in [5.41, 5.74) is 0.0927. The van der Waals surface area contributed by atoms with E-state index in [0.29, 0.717) is 29.1 Å². The zero-order valence-electron chi connectivity index (χ0n) is 22.3. The Balaban J connectivity index is 1.58. The average molecular weight is 559 g/mol. The summed E-state index contributed by atoms with van der Waals surface area (Å²) in [6.07, 6.45) is -3.69. The number of hydrogen-bond donors (Lipinski definition) is 3. The molecular weight excluding hydrogens is 528 g/mol. The van der Waals surface area contributed by atoms with E-state index in [2.05, 4.69) is 25.8 Å². The van der Waals surface area contributed by atoms with E-state index in [0.717, 1.165) is 19.3 Å². The third-order valence-electron chi connectivity index (χ3n) is 6.45. The van der Waals surface area contributed by atoms with Crippen LogP contribution in [0.4, 0.5) is 29.1 Å². The number of amides is 1. The van der Waals surface area contributed by atoms with Gasteiger partial charge in [-0.1, -0.05) is 26.0 Å². The molecule has 40 heavy (non-hydrogen) atoms. The number of alkyl halides is 3. The maximum atomic E-state index is 14.3. The summed E-state index contributed by atoms with van der Waals surface area (Å²) in [6.45, 7) is 8.09. The molecule has 8 nitrogen and oxygen atoms in total. The number of carbonyl (C=O) groups is 1. The van der Waals surface area contributed by atoms with Crippen LogP contribution in [0.25, 0.3) is 10.9 Å². The van der Waals surface area contributed by atoms with E-state index in [9.17, 15) is 22.4 Å². The SMILES string of the molecule is CCN(CC)CCNC(=O)c1[nH]c2cnnc(Nc3ccc(OCc4cccc(F)c4)c(C)c3)c2c1C(F)(F)F. The summed E-state index contributed by atoms with van der Waals surface area (Å²) in [6, 6.07) is 11.0. The van der Waals surface area contributed by atoms with Crippen molar-refractivity contribution in [1.82, 2.24) is 25.4 Å². The Morgan fingerprint density at radius 1 is 1.12 bits per heavy atom.